The molecule has 0 saturated carbocycles. The number of aromatic nitrogens is 1. The number of aryl methyl sites for hydroxylation is 1. The number of hydrogen-bond donors (Lipinski definition) is 2. The van der Waals surface area contributed by atoms with E-state index in [1.165, 1.54) is 16.7 Å². The van der Waals surface area contributed by atoms with Crippen LogP contribution in [0.2, 0.25) is 0 Å². The number of benzene rings is 4. The Kier molecular flexibility index (Phi) is 5.26. The molecule has 4 nitrogen and oxygen atoms in total. The molecule has 4 heteroatoms. The van der Waals surface area contributed by atoms with E-state index in [-0.39, 0.29) is 6.03 Å². The van der Waals surface area contributed by atoms with Gasteiger partial charge >= 0.3 is 6.03 Å². The van der Waals surface area contributed by atoms with Gasteiger partial charge in [0.25, 0.3) is 0 Å². The maximum absolute atomic E-state index is 12.7. The summed E-state index contributed by atoms with van der Waals surface area (Å²) in [6.45, 7) is 2.53. The first-order valence-electron chi connectivity index (χ1n) is 10.6. The molecule has 0 radical (unpaired) electrons. The average Bonchev–Trinajstić information content (AvgIpc) is 2.83. The SMILES string of the molecule is Cc1ccccc1-c1ccc(CNC(=O)Nc2cccc3ccccc23)c2cnccc12. The summed E-state index contributed by atoms with van der Waals surface area (Å²) in [5.74, 6) is 0. The van der Waals surface area contributed by atoms with Crippen molar-refractivity contribution in [2.45, 2.75) is 13.5 Å². The van der Waals surface area contributed by atoms with Gasteiger partial charge in [0.1, 0.15) is 0 Å². The highest BCUT2D eigenvalue weighted by Gasteiger charge is 2.11. The third-order valence-corrected chi connectivity index (χ3v) is 5.82. The average molecular weight is 418 g/mol. The molecule has 0 aliphatic heterocycles. The number of carbonyl (C=O) groups excluding carboxylic acids is 1. The normalized spacial score (nSPS) is 10.9. The van der Waals surface area contributed by atoms with E-state index in [1.807, 2.05) is 60.9 Å². The molecule has 0 aliphatic carbocycles. The number of fused-ring (bicyclic) bond motifs is 2. The Bertz CT molecular complexity index is 1440. The van der Waals surface area contributed by atoms with Crippen LogP contribution in [0, 0.1) is 6.92 Å². The van der Waals surface area contributed by atoms with Gasteiger partial charge in [-0.1, -0.05) is 72.8 Å². The van der Waals surface area contributed by atoms with Crippen LogP contribution in [0.5, 0.6) is 0 Å². The van der Waals surface area contributed by atoms with Crippen LogP contribution in [0.1, 0.15) is 11.1 Å². The van der Waals surface area contributed by atoms with Gasteiger partial charge in [-0.15, -0.1) is 0 Å². The molecule has 32 heavy (non-hydrogen) atoms. The van der Waals surface area contributed by atoms with Crippen LogP contribution in [-0.4, -0.2) is 11.0 Å². The first-order valence-corrected chi connectivity index (χ1v) is 10.6. The van der Waals surface area contributed by atoms with E-state index in [4.69, 9.17) is 0 Å². The molecule has 0 saturated heterocycles. The van der Waals surface area contributed by atoms with Crippen LogP contribution >= 0.6 is 0 Å². The van der Waals surface area contributed by atoms with Crippen molar-refractivity contribution in [2.75, 3.05) is 5.32 Å². The zero-order chi connectivity index (χ0) is 21.9. The van der Waals surface area contributed by atoms with Crippen LogP contribution in [0.25, 0.3) is 32.7 Å². The fourth-order valence-electron chi connectivity index (χ4n) is 4.19. The van der Waals surface area contributed by atoms with Crippen LogP contribution in [-0.2, 0) is 6.54 Å². The first-order chi connectivity index (χ1) is 15.7. The summed E-state index contributed by atoms with van der Waals surface area (Å²) < 4.78 is 0. The standard InChI is InChI=1S/C28H23N3O/c1-19-7-2-4-10-22(19)24-14-13-21(26-18-29-16-15-25(24)26)17-30-28(32)31-27-12-6-9-20-8-3-5-11-23(20)27/h2-16,18H,17H2,1H3,(H2,30,31,32). The van der Waals surface area contributed by atoms with Crippen molar-refractivity contribution in [3.8, 4) is 11.1 Å². The number of nitrogens with one attached hydrogen (secondary N) is 2. The Balaban J connectivity index is 1.40. The zero-order valence-corrected chi connectivity index (χ0v) is 17.8. The van der Waals surface area contributed by atoms with Gasteiger partial charge in [0.2, 0.25) is 0 Å². The van der Waals surface area contributed by atoms with Crippen molar-refractivity contribution in [3.63, 3.8) is 0 Å². The molecule has 0 spiro atoms. The number of carbonyl (C=O) groups is 1. The molecule has 0 fully saturated rings. The lowest BCUT2D eigenvalue weighted by Gasteiger charge is -2.14. The third-order valence-electron chi connectivity index (χ3n) is 5.82. The van der Waals surface area contributed by atoms with Crippen LogP contribution < -0.4 is 10.6 Å². The monoisotopic (exact) mass is 417 g/mol. The number of amides is 2. The fraction of sp³-hybridized carbons (Fsp3) is 0.0714. The largest absolute Gasteiger partial charge is 0.334 e. The predicted octanol–water partition coefficient (Wildman–Crippen LogP) is 6.69. The second-order valence-electron chi connectivity index (χ2n) is 7.84. The topological polar surface area (TPSA) is 54.0 Å². The van der Waals surface area contributed by atoms with Gasteiger partial charge in [0.15, 0.2) is 0 Å². The molecule has 1 aromatic heterocycles. The third kappa shape index (κ3) is 3.79. The fourth-order valence-corrected chi connectivity index (χ4v) is 4.19. The molecule has 2 N–H and O–H groups in total. The molecule has 5 aromatic rings. The van der Waals surface area contributed by atoms with E-state index in [1.54, 1.807) is 0 Å². The molecular weight excluding hydrogens is 394 g/mol. The van der Waals surface area contributed by atoms with E-state index in [2.05, 4.69) is 58.9 Å². The van der Waals surface area contributed by atoms with Gasteiger partial charge in [-0.25, -0.2) is 4.79 Å². The zero-order valence-electron chi connectivity index (χ0n) is 17.8. The number of nitrogens with zero attached hydrogens (tertiary/aromatic N) is 1. The van der Waals surface area contributed by atoms with Gasteiger partial charge < -0.3 is 10.6 Å². The van der Waals surface area contributed by atoms with Gasteiger partial charge in [-0.3, -0.25) is 4.98 Å². The highest BCUT2D eigenvalue weighted by molar-refractivity contribution is 6.02. The van der Waals surface area contributed by atoms with Gasteiger partial charge in [-0.05, 0) is 52.1 Å². The minimum Gasteiger partial charge on any atom is -0.334 e. The molecule has 4 aromatic carbocycles. The van der Waals surface area contributed by atoms with Crippen LogP contribution in [0.15, 0.2) is 97.3 Å². The van der Waals surface area contributed by atoms with Crippen LogP contribution in [0.4, 0.5) is 10.5 Å². The molecule has 0 aliphatic rings. The smallest absolute Gasteiger partial charge is 0.319 e. The summed E-state index contributed by atoms with van der Waals surface area (Å²) in [5, 5.41) is 10.3. The Morgan fingerprint density at radius 2 is 1.59 bits per heavy atom. The second kappa shape index (κ2) is 8.52. The Hall–Kier alpha value is -4.18. The van der Waals surface area contributed by atoms with Gasteiger partial charge in [0.05, 0.1) is 5.69 Å². The highest BCUT2D eigenvalue weighted by Crippen LogP contribution is 2.32. The quantitative estimate of drug-likeness (QED) is 0.342. The number of anilines is 1. The molecule has 1 heterocycles. The van der Waals surface area contributed by atoms with Crippen molar-refractivity contribution in [2.24, 2.45) is 0 Å². The van der Waals surface area contributed by atoms with Crippen molar-refractivity contribution in [3.05, 3.63) is 108 Å². The van der Waals surface area contributed by atoms with Crippen LogP contribution in [0.3, 0.4) is 0 Å². The van der Waals surface area contributed by atoms with Crippen molar-refractivity contribution >= 4 is 33.3 Å². The van der Waals surface area contributed by atoms with Crippen molar-refractivity contribution in [1.29, 1.82) is 0 Å². The number of hydrogen-bond acceptors (Lipinski definition) is 2. The number of pyridine rings is 1. The molecular formula is C28H23N3O. The predicted molar refractivity (Wildman–Crippen MR) is 132 cm³/mol. The van der Waals surface area contributed by atoms with Gasteiger partial charge in [-0.2, -0.15) is 0 Å². The lowest BCUT2D eigenvalue weighted by atomic mass is 9.94. The van der Waals surface area contributed by atoms with E-state index < -0.39 is 0 Å². The maximum atomic E-state index is 12.7. The maximum Gasteiger partial charge on any atom is 0.319 e. The van der Waals surface area contributed by atoms with Crippen molar-refractivity contribution < 1.29 is 4.79 Å². The summed E-state index contributed by atoms with van der Waals surface area (Å²) in [5.41, 5.74) is 5.42. The summed E-state index contributed by atoms with van der Waals surface area (Å²) in [7, 11) is 0. The Morgan fingerprint density at radius 3 is 2.50 bits per heavy atom. The number of rotatable bonds is 4. The summed E-state index contributed by atoms with van der Waals surface area (Å²) in [6, 6.07) is 28.3. The van der Waals surface area contributed by atoms with Crippen molar-refractivity contribution in [1.82, 2.24) is 10.3 Å². The summed E-state index contributed by atoms with van der Waals surface area (Å²) >= 11 is 0. The minimum atomic E-state index is -0.235. The lowest BCUT2D eigenvalue weighted by molar-refractivity contribution is 0.252. The van der Waals surface area contributed by atoms with E-state index in [0.29, 0.717) is 6.54 Å². The molecule has 0 bridgehead atoms. The molecule has 5 rings (SSSR count). The molecule has 156 valence electrons. The molecule has 0 atom stereocenters. The van der Waals surface area contributed by atoms with E-state index >= 15 is 0 Å². The Labute approximate surface area is 186 Å². The summed E-state index contributed by atoms with van der Waals surface area (Å²) in [6.07, 6.45) is 3.69. The second-order valence-corrected chi connectivity index (χ2v) is 7.84. The summed E-state index contributed by atoms with van der Waals surface area (Å²) in [4.78, 5) is 17.0. The van der Waals surface area contributed by atoms with Gasteiger partial charge in [0, 0.05) is 29.7 Å². The number of urea groups is 1. The Morgan fingerprint density at radius 1 is 0.781 bits per heavy atom. The molecule has 0 unspecified atom stereocenters. The van der Waals surface area contributed by atoms with E-state index in [9.17, 15) is 4.79 Å². The molecule has 2 amide bonds. The minimum absolute atomic E-state index is 0.235. The van der Waals surface area contributed by atoms with E-state index in [0.717, 1.165) is 32.8 Å². The lowest BCUT2D eigenvalue weighted by Crippen LogP contribution is -2.28. The highest BCUT2D eigenvalue weighted by atomic mass is 16.2. The first kappa shape index (κ1) is 19.8.